The summed E-state index contributed by atoms with van der Waals surface area (Å²) in [6.45, 7) is 1.13. The first-order chi connectivity index (χ1) is 11.6. The second kappa shape index (κ2) is 5.37. The molecule has 2 aliphatic rings. The monoisotopic (exact) mass is 321 g/mol. The van der Waals surface area contributed by atoms with Crippen molar-refractivity contribution in [3.63, 3.8) is 0 Å². The topological polar surface area (TPSA) is 75.4 Å². The molecule has 2 aromatic carbocycles. The number of fused-ring (bicyclic) bond motifs is 2. The highest BCUT2D eigenvalue weighted by Crippen LogP contribution is 2.56. The van der Waals surface area contributed by atoms with E-state index in [-0.39, 0.29) is 11.3 Å². The Bertz CT molecular complexity index is 810. The van der Waals surface area contributed by atoms with Crippen molar-refractivity contribution in [2.75, 3.05) is 11.4 Å². The van der Waals surface area contributed by atoms with Crippen LogP contribution in [0.15, 0.2) is 48.5 Å². The van der Waals surface area contributed by atoms with Gasteiger partial charge in [-0.15, -0.1) is 0 Å². The highest BCUT2D eigenvalue weighted by atomic mass is 16.2. The first-order valence-electron chi connectivity index (χ1n) is 8.13. The van der Waals surface area contributed by atoms with Gasteiger partial charge in [-0.3, -0.25) is 4.79 Å². The molecule has 5 nitrogen and oxygen atoms in total. The fraction of sp³-hybridized carbons (Fsp3) is 0.263. The van der Waals surface area contributed by atoms with Gasteiger partial charge in [-0.05, 0) is 42.2 Å². The second-order valence-corrected chi connectivity index (χ2v) is 6.60. The Hall–Kier alpha value is -2.82. The normalized spacial score (nSPS) is 16.8. The van der Waals surface area contributed by atoms with Crippen LogP contribution in [0.3, 0.4) is 0 Å². The van der Waals surface area contributed by atoms with E-state index in [4.69, 9.17) is 5.73 Å². The number of nitrogens with one attached hydrogen (secondary N) is 1. The van der Waals surface area contributed by atoms with E-state index in [2.05, 4.69) is 11.4 Å². The lowest BCUT2D eigenvalue weighted by atomic mass is 9.99. The molecule has 2 aromatic rings. The van der Waals surface area contributed by atoms with E-state index < -0.39 is 6.03 Å². The molecular formula is C19H19N3O2. The van der Waals surface area contributed by atoms with Gasteiger partial charge >= 0.3 is 6.03 Å². The molecule has 0 unspecified atom stereocenters. The summed E-state index contributed by atoms with van der Waals surface area (Å²) in [7, 11) is 0. The van der Waals surface area contributed by atoms with E-state index in [9.17, 15) is 9.59 Å². The van der Waals surface area contributed by atoms with Crippen LogP contribution in [0.5, 0.6) is 0 Å². The predicted octanol–water partition coefficient (Wildman–Crippen LogP) is 2.55. The number of rotatable bonds is 3. The fourth-order valence-electron chi connectivity index (χ4n) is 3.50. The predicted molar refractivity (Wildman–Crippen MR) is 91.9 cm³/mol. The van der Waals surface area contributed by atoms with Crippen LogP contribution in [-0.2, 0) is 12.0 Å². The van der Waals surface area contributed by atoms with Crippen molar-refractivity contribution in [3.05, 3.63) is 65.2 Å². The van der Waals surface area contributed by atoms with Crippen molar-refractivity contribution < 1.29 is 9.59 Å². The zero-order chi connectivity index (χ0) is 16.7. The minimum atomic E-state index is -0.557. The lowest BCUT2D eigenvalue weighted by Gasteiger charge is -2.18. The van der Waals surface area contributed by atoms with Crippen LogP contribution in [0.4, 0.5) is 10.5 Å². The number of anilines is 1. The maximum atomic E-state index is 12.9. The van der Waals surface area contributed by atoms with E-state index in [0.29, 0.717) is 12.1 Å². The van der Waals surface area contributed by atoms with Gasteiger partial charge in [0.05, 0.1) is 0 Å². The molecule has 1 aliphatic carbocycles. The average molecular weight is 321 g/mol. The van der Waals surface area contributed by atoms with Gasteiger partial charge in [0.15, 0.2) is 0 Å². The van der Waals surface area contributed by atoms with Crippen molar-refractivity contribution in [1.82, 2.24) is 5.32 Å². The quantitative estimate of drug-likeness (QED) is 0.911. The molecule has 1 spiro atoms. The minimum Gasteiger partial charge on any atom is -0.352 e. The Morgan fingerprint density at radius 1 is 1.08 bits per heavy atom. The van der Waals surface area contributed by atoms with Crippen molar-refractivity contribution in [3.8, 4) is 0 Å². The lowest BCUT2D eigenvalue weighted by molar-refractivity contribution is 0.0987. The third-order valence-corrected chi connectivity index (χ3v) is 4.99. The van der Waals surface area contributed by atoms with E-state index >= 15 is 0 Å². The molecule has 3 amide bonds. The number of carbonyl (C=O) groups excluding carboxylic acids is 2. The zero-order valence-corrected chi connectivity index (χ0v) is 13.3. The van der Waals surface area contributed by atoms with E-state index in [1.807, 2.05) is 35.2 Å². The highest BCUT2D eigenvalue weighted by Gasteiger charge is 2.52. The summed E-state index contributed by atoms with van der Waals surface area (Å²) >= 11 is 0. The van der Waals surface area contributed by atoms with Crippen LogP contribution in [0.2, 0.25) is 0 Å². The van der Waals surface area contributed by atoms with Crippen LogP contribution >= 0.6 is 0 Å². The molecule has 122 valence electrons. The lowest BCUT2D eigenvalue weighted by Crippen LogP contribution is -2.31. The number of nitrogens with zero attached hydrogens (tertiary/aromatic N) is 1. The third-order valence-electron chi connectivity index (χ3n) is 4.99. The summed E-state index contributed by atoms with van der Waals surface area (Å²) in [5, 5.41) is 2.54. The van der Waals surface area contributed by atoms with Gasteiger partial charge < -0.3 is 16.0 Å². The molecule has 0 bridgehead atoms. The number of benzene rings is 2. The fourth-order valence-corrected chi connectivity index (χ4v) is 3.50. The minimum absolute atomic E-state index is 0.0284. The number of carbonyl (C=O) groups is 2. The van der Waals surface area contributed by atoms with Gasteiger partial charge in [0.1, 0.15) is 0 Å². The maximum absolute atomic E-state index is 12.9. The number of nitrogens with two attached hydrogens (primary N) is 1. The average Bonchev–Trinajstić information content (AvgIpc) is 3.30. The number of hydrogen-bond acceptors (Lipinski definition) is 2. The Labute approximate surface area is 140 Å². The van der Waals surface area contributed by atoms with E-state index in [1.54, 1.807) is 12.1 Å². The zero-order valence-electron chi connectivity index (χ0n) is 13.3. The molecular weight excluding hydrogens is 302 g/mol. The van der Waals surface area contributed by atoms with Crippen LogP contribution < -0.4 is 16.0 Å². The molecule has 0 saturated heterocycles. The van der Waals surface area contributed by atoms with Gasteiger partial charge in [-0.2, -0.15) is 0 Å². The number of amides is 3. The first kappa shape index (κ1) is 14.8. The smallest absolute Gasteiger partial charge is 0.312 e. The SMILES string of the molecule is NC(=O)NCc1ccc(C(=O)N2CC3(CC3)c3ccccc32)cc1. The van der Waals surface area contributed by atoms with Gasteiger partial charge in [0, 0.05) is 29.8 Å². The number of primary amides is 1. The first-order valence-corrected chi connectivity index (χ1v) is 8.13. The van der Waals surface area contributed by atoms with Crippen LogP contribution in [0.1, 0.15) is 34.3 Å². The summed E-state index contributed by atoms with van der Waals surface area (Å²) in [6, 6.07) is 15.0. The van der Waals surface area contributed by atoms with E-state index in [1.165, 1.54) is 5.56 Å². The van der Waals surface area contributed by atoms with Crippen molar-refractivity contribution in [2.24, 2.45) is 5.73 Å². The molecule has 1 fully saturated rings. The Morgan fingerprint density at radius 3 is 2.46 bits per heavy atom. The second-order valence-electron chi connectivity index (χ2n) is 6.60. The summed E-state index contributed by atoms with van der Waals surface area (Å²) in [6.07, 6.45) is 2.32. The van der Waals surface area contributed by atoms with Crippen molar-refractivity contribution >= 4 is 17.6 Å². The maximum Gasteiger partial charge on any atom is 0.312 e. The molecule has 3 N–H and O–H groups in total. The molecule has 0 atom stereocenters. The van der Waals surface area contributed by atoms with Crippen molar-refractivity contribution in [2.45, 2.75) is 24.8 Å². The van der Waals surface area contributed by atoms with Crippen LogP contribution in [-0.4, -0.2) is 18.5 Å². The summed E-state index contributed by atoms with van der Waals surface area (Å²) in [5.74, 6) is 0.0284. The van der Waals surface area contributed by atoms with Gasteiger partial charge in [0.25, 0.3) is 5.91 Å². The van der Waals surface area contributed by atoms with Gasteiger partial charge in [-0.25, -0.2) is 4.79 Å². The third kappa shape index (κ3) is 2.42. The Balaban J connectivity index is 1.55. The number of hydrogen-bond donors (Lipinski definition) is 2. The Kier molecular flexibility index (Phi) is 3.30. The summed E-state index contributed by atoms with van der Waals surface area (Å²) < 4.78 is 0. The van der Waals surface area contributed by atoms with Gasteiger partial charge in [0.2, 0.25) is 0 Å². The molecule has 5 heteroatoms. The number of para-hydroxylation sites is 1. The standard InChI is InChI=1S/C19H19N3O2/c20-18(24)21-11-13-5-7-14(8-6-13)17(23)22-12-19(9-10-19)15-3-1-2-4-16(15)22/h1-8H,9-12H2,(H3,20,21,24). The largest absolute Gasteiger partial charge is 0.352 e. The van der Waals surface area contributed by atoms with E-state index in [0.717, 1.165) is 30.6 Å². The molecule has 0 radical (unpaired) electrons. The Morgan fingerprint density at radius 2 is 1.79 bits per heavy atom. The van der Waals surface area contributed by atoms with Gasteiger partial charge in [-0.1, -0.05) is 30.3 Å². The molecule has 24 heavy (non-hydrogen) atoms. The summed E-state index contributed by atoms with van der Waals surface area (Å²) in [5.41, 5.74) is 9.17. The number of urea groups is 1. The summed E-state index contributed by atoms with van der Waals surface area (Å²) in [4.78, 5) is 25.6. The molecule has 1 aliphatic heterocycles. The van der Waals surface area contributed by atoms with Crippen LogP contribution in [0, 0.1) is 0 Å². The molecule has 1 heterocycles. The highest BCUT2D eigenvalue weighted by molar-refractivity contribution is 6.08. The molecule has 4 rings (SSSR count). The van der Waals surface area contributed by atoms with Crippen molar-refractivity contribution in [1.29, 1.82) is 0 Å². The van der Waals surface area contributed by atoms with Crippen LogP contribution in [0.25, 0.3) is 0 Å². The molecule has 0 aromatic heterocycles. The molecule has 1 saturated carbocycles.